The van der Waals surface area contributed by atoms with E-state index >= 15 is 0 Å². The Hall–Kier alpha value is -0.890. The summed E-state index contributed by atoms with van der Waals surface area (Å²) in [5.41, 5.74) is 0.592. The van der Waals surface area contributed by atoms with Crippen molar-refractivity contribution in [2.45, 2.75) is 12.5 Å². The Morgan fingerprint density at radius 1 is 1.45 bits per heavy atom. The van der Waals surface area contributed by atoms with Crippen LogP contribution in [0.5, 0.6) is 0 Å². The van der Waals surface area contributed by atoms with E-state index in [4.69, 9.17) is 5.41 Å². The van der Waals surface area contributed by atoms with E-state index in [9.17, 15) is 0 Å². The van der Waals surface area contributed by atoms with Gasteiger partial charge >= 0.3 is 0 Å². The van der Waals surface area contributed by atoms with Crippen molar-refractivity contribution in [2.75, 3.05) is 14.1 Å². The third-order valence-corrected chi connectivity index (χ3v) is 1.84. The van der Waals surface area contributed by atoms with Gasteiger partial charge in [0.05, 0.1) is 5.71 Å². The smallest absolute Gasteiger partial charge is 0.0534 e. The molecule has 1 aliphatic rings. The number of nitrogens with zero attached hydrogens (tertiary/aromatic N) is 1. The predicted octanol–water partition coefficient (Wildman–Crippen LogP) is 1.45. The molecule has 1 aliphatic carbocycles. The van der Waals surface area contributed by atoms with Crippen molar-refractivity contribution in [1.29, 1.82) is 5.41 Å². The molecule has 2 nitrogen and oxygen atoms in total. The van der Waals surface area contributed by atoms with Crippen LogP contribution in [0.15, 0.2) is 24.3 Å². The fourth-order valence-electron chi connectivity index (χ4n) is 1.07. The van der Waals surface area contributed by atoms with Crippen LogP contribution in [0, 0.1) is 5.41 Å². The van der Waals surface area contributed by atoms with Gasteiger partial charge in [0.25, 0.3) is 0 Å². The highest BCUT2D eigenvalue weighted by Gasteiger charge is 2.06. The molecule has 0 bridgehead atoms. The van der Waals surface area contributed by atoms with Gasteiger partial charge in [-0.05, 0) is 32.7 Å². The summed E-state index contributed by atoms with van der Waals surface area (Å²) in [5.74, 6) is 0. The maximum Gasteiger partial charge on any atom is 0.0534 e. The molecule has 0 spiro atoms. The highest BCUT2D eigenvalue weighted by Crippen LogP contribution is 2.06. The number of rotatable bonds is 1. The summed E-state index contributed by atoms with van der Waals surface area (Å²) in [7, 11) is 4.11. The standard InChI is InChI=1S/C9H14N2/c1-11(2)9-5-3-4-8(10)6-7-9/h3-4,6-7,9-10H,5H2,1-2H3. The molecule has 1 atom stereocenters. The van der Waals surface area contributed by atoms with Crippen molar-refractivity contribution < 1.29 is 0 Å². The maximum absolute atomic E-state index is 7.37. The summed E-state index contributed by atoms with van der Waals surface area (Å²) in [6, 6.07) is 0.453. The second-order valence-electron chi connectivity index (χ2n) is 2.98. The number of hydrogen-bond donors (Lipinski definition) is 1. The molecule has 60 valence electrons. The lowest BCUT2D eigenvalue weighted by Gasteiger charge is -2.18. The molecule has 1 rings (SSSR count). The van der Waals surface area contributed by atoms with Gasteiger partial charge in [-0.15, -0.1) is 0 Å². The molecule has 0 saturated carbocycles. The third kappa shape index (κ3) is 2.31. The van der Waals surface area contributed by atoms with E-state index in [1.54, 1.807) is 0 Å². The minimum absolute atomic E-state index is 0.453. The van der Waals surface area contributed by atoms with Gasteiger partial charge < -0.3 is 10.3 Å². The molecule has 2 heteroatoms. The summed E-state index contributed by atoms with van der Waals surface area (Å²) in [6.07, 6.45) is 8.83. The Morgan fingerprint density at radius 3 is 2.82 bits per heavy atom. The van der Waals surface area contributed by atoms with Gasteiger partial charge in [-0.2, -0.15) is 0 Å². The van der Waals surface area contributed by atoms with Crippen LogP contribution in [0.3, 0.4) is 0 Å². The van der Waals surface area contributed by atoms with Crippen molar-refractivity contribution in [3.63, 3.8) is 0 Å². The largest absolute Gasteiger partial charge is 0.303 e. The van der Waals surface area contributed by atoms with Crippen LogP contribution in [0.4, 0.5) is 0 Å². The molecule has 11 heavy (non-hydrogen) atoms. The minimum Gasteiger partial charge on any atom is -0.303 e. The normalized spacial score (nSPS) is 24.3. The lowest BCUT2D eigenvalue weighted by molar-refractivity contribution is 0.346. The molecule has 0 heterocycles. The van der Waals surface area contributed by atoms with Crippen LogP contribution < -0.4 is 0 Å². The lowest BCUT2D eigenvalue weighted by Crippen LogP contribution is -2.24. The average Bonchev–Trinajstić information content (AvgIpc) is 2.13. The number of likely N-dealkylation sites (N-methyl/N-ethyl adjacent to an activating group) is 1. The fourth-order valence-corrected chi connectivity index (χ4v) is 1.07. The summed E-state index contributed by atoms with van der Waals surface area (Å²) < 4.78 is 0. The fraction of sp³-hybridized carbons (Fsp3) is 0.444. The molecule has 0 amide bonds. The van der Waals surface area contributed by atoms with E-state index in [0.29, 0.717) is 11.8 Å². The van der Waals surface area contributed by atoms with Crippen LogP contribution in [0.1, 0.15) is 6.42 Å². The van der Waals surface area contributed by atoms with E-state index in [1.807, 2.05) is 18.2 Å². The zero-order valence-electron chi connectivity index (χ0n) is 7.04. The molecule has 1 N–H and O–H groups in total. The van der Waals surface area contributed by atoms with E-state index in [2.05, 4.69) is 25.1 Å². The first-order valence-corrected chi connectivity index (χ1v) is 3.80. The Labute approximate surface area is 67.7 Å². The Morgan fingerprint density at radius 2 is 2.18 bits per heavy atom. The molecule has 0 aromatic heterocycles. The Kier molecular flexibility index (Phi) is 2.60. The molecule has 0 aromatic rings. The average molecular weight is 150 g/mol. The van der Waals surface area contributed by atoms with Crippen molar-refractivity contribution in [1.82, 2.24) is 4.90 Å². The highest BCUT2D eigenvalue weighted by atomic mass is 15.1. The summed E-state index contributed by atoms with van der Waals surface area (Å²) >= 11 is 0. The van der Waals surface area contributed by atoms with Gasteiger partial charge in [-0.3, -0.25) is 0 Å². The SMILES string of the molecule is CN(C)C1C=CC(=N)C=CC1. The molecular formula is C9H14N2. The van der Waals surface area contributed by atoms with Crippen molar-refractivity contribution in [3.8, 4) is 0 Å². The summed E-state index contributed by atoms with van der Waals surface area (Å²) in [6.45, 7) is 0. The first-order valence-electron chi connectivity index (χ1n) is 3.80. The molecule has 0 aromatic carbocycles. The second-order valence-corrected chi connectivity index (χ2v) is 2.98. The van der Waals surface area contributed by atoms with Gasteiger partial charge in [-0.1, -0.05) is 12.2 Å². The van der Waals surface area contributed by atoms with Crippen molar-refractivity contribution >= 4 is 5.71 Å². The summed E-state index contributed by atoms with van der Waals surface area (Å²) in [4.78, 5) is 2.15. The van der Waals surface area contributed by atoms with Crippen LogP contribution in [0.25, 0.3) is 0 Å². The maximum atomic E-state index is 7.37. The quantitative estimate of drug-likeness (QED) is 0.602. The van der Waals surface area contributed by atoms with Gasteiger partial charge in [0.15, 0.2) is 0 Å². The lowest BCUT2D eigenvalue weighted by atomic mass is 10.2. The molecule has 0 radical (unpaired) electrons. The topological polar surface area (TPSA) is 27.1 Å². The van der Waals surface area contributed by atoms with E-state index in [-0.39, 0.29) is 0 Å². The zero-order valence-corrected chi connectivity index (χ0v) is 7.04. The van der Waals surface area contributed by atoms with Crippen LogP contribution >= 0.6 is 0 Å². The van der Waals surface area contributed by atoms with E-state index < -0.39 is 0 Å². The molecule has 0 saturated heterocycles. The zero-order chi connectivity index (χ0) is 8.27. The first kappa shape index (κ1) is 8.21. The van der Waals surface area contributed by atoms with Crippen LogP contribution in [-0.2, 0) is 0 Å². The molecule has 1 unspecified atom stereocenters. The van der Waals surface area contributed by atoms with Gasteiger partial charge in [0.2, 0.25) is 0 Å². The van der Waals surface area contributed by atoms with E-state index in [1.165, 1.54) is 0 Å². The number of allylic oxidation sites excluding steroid dienone is 2. The molecular weight excluding hydrogens is 136 g/mol. The van der Waals surface area contributed by atoms with Crippen molar-refractivity contribution in [3.05, 3.63) is 24.3 Å². The summed E-state index contributed by atoms with van der Waals surface area (Å²) in [5, 5.41) is 7.37. The van der Waals surface area contributed by atoms with Gasteiger partial charge in [0.1, 0.15) is 0 Å². The Bertz CT molecular complexity index is 202. The first-order chi connectivity index (χ1) is 5.20. The van der Waals surface area contributed by atoms with Crippen molar-refractivity contribution in [2.24, 2.45) is 0 Å². The number of hydrogen-bond acceptors (Lipinski definition) is 2. The minimum atomic E-state index is 0.453. The van der Waals surface area contributed by atoms with Crippen LogP contribution in [0.2, 0.25) is 0 Å². The molecule has 0 fully saturated rings. The number of nitrogens with one attached hydrogen (secondary N) is 1. The van der Waals surface area contributed by atoms with Gasteiger partial charge in [0, 0.05) is 6.04 Å². The highest BCUT2D eigenvalue weighted by molar-refractivity contribution is 6.01. The third-order valence-electron chi connectivity index (χ3n) is 1.84. The second kappa shape index (κ2) is 3.49. The van der Waals surface area contributed by atoms with Crippen LogP contribution in [-0.4, -0.2) is 30.7 Å². The predicted molar refractivity (Wildman–Crippen MR) is 48.1 cm³/mol. The molecule has 0 aliphatic heterocycles. The van der Waals surface area contributed by atoms with Gasteiger partial charge in [-0.25, -0.2) is 0 Å². The monoisotopic (exact) mass is 150 g/mol. The van der Waals surface area contributed by atoms with E-state index in [0.717, 1.165) is 6.42 Å². The Balaban J connectivity index is 2.66.